The Morgan fingerprint density at radius 1 is 0.929 bits per heavy atom. The summed E-state index contributed by atoms with van der Waals surface area (Å²) in [5.74, 6) is -0.600. The predicted octanol–water partition coefficient (Wildman–Crippen LogP) is 2.91. The Hall–Kier alpha value is -2.76. The molecule has 0 radical (unpaired) electrons. The molecule has 1 aromatic rings. The Morgan fingerprint density at radius 3 is 2.04 bits per heavy atom. The van der Waals surface area contributed by atoms with Gasteiger partial charge in [0.1, 0.15) is 12.0 Å². The molecule has 1 saturated heterocycles. The highest BCUT2D eigenvalue weighted by molar-refractivity contribution is 6.05. The number of allylic oxidation sites excluding steroid dienone is 2. The molecular formula is C22H23NO5. The maximum absolute atomic E-state index is 12.7. The Bertz CT molecular complexity index is 794. The number of hydrogen-bond donors (Lipinski definition) is 0. The van der Waals surface area contributed by atoms with Crippen LogP contribution in [0.3, 0.4) is 0 Å². The maximum Gasteiger partial charge on any atom is 0.314 e. The standard InChI is InChI=1S/C22H23NO5/c24-13-14-5-11-17(12-6-14)28-22(27)15-7-9-16(10-8-15)23-20(25)18-3-1-2-4-19(18)21(23)26/h1-2,5-6,11-13,15-16,18-19H,3-4,7-10H2/t15?,16?,18-,19-/m0/s1. The molecule has 28 heavy (non-hydrogen) atoms. The number of carbonyl (C=O) groups excluding carboxylic acids is 4. The molecule has 1 aromatic carbocycles. The summed E-state index contributed by atoms with van der Waals surface area (Å²) in [6.07, 6.45) is 8.48. The summed E-state index contributed by atoms with van der Waals surface area (Å²) in [7, 11) is 0. The van der Waals surface area contributed by atoms with Crippen LogP contribution in [0.25, 0.3) is 0 Å². The van der Waals surface area contributed by atoms with E-state index in [1.54, 1.807) is 24.3 Å². The van der Waals surface area contributed by atoms with Gasteiger partial charge in [-0.15, -0.1) is 0 Å². The monoisotopic (exact) mass is 381 g/mol. The summed E-state index contributed by atoms with van der Waals surface area (Å²) in [5, 5.41) is 0. The number of benzene rings is 1. The second-order valence-corrected chi connectivity index (χ2v) is 7.82. The van der Waals surface area contributed by atoms with E-state index in [1.165, 1.54) is 4.90 Å². The maximum atomic E-state index is 12.7. The van der Waals surface area contributed by atoms with Gasteiger partial charge in [-0.1, -0.05) is 12.2 Å². The zero-order chi connectivity index (χ0) is 19.7. The van der Waals surface area contributed by atoms with Crippen molar-refractivity contribution >= 4 is 24.1 Å². The molecule has 0 spiro atoms. The quantitative estimate of drug-likeness (QED) is 0.263. The van der Waals surface area contributed by atoms with E-state index >= 15 is 0 Å². The van der Waals surface area contributed by atoms with E-state index in [-0.39, 0.29) is 41.6 Å². The third-order valence-electron chi connectivity index (χ3n) is 6.17. The smallest absolute Gasteiger partial charge is 0.314 e. The molecule has 1 heterocycles. The van der Waals surface area contributed by atoms with Gasteiger partial charge in [-0.2, -0.15) is 0 Å². The highest BCUT2D eigenvalue weighted by atomic mass is 16.5. The van der Waals surface area contributed by atoms with E-state index in [4.69, 9.17) is 4.74 Å². The third kappa shape index (κ3) is 3.39. The van der Waals surface area contributed by atoms with Gasteiger partial charge in [0.2, 0.25) is 11.8 Å². The van der Waals surface area contributed by atoms with Gasteiger partial charge in [0.15, 0.2) is 0 Å². The summed E-state index contributed by atoms with van der Waals surface area (Å²) in [5.41, 5.74) is 0.524. The zero-order valence-electron chi connectivity index (χ0n) is 15.6. The van der Waals surface area contributed by atoms with Crippen LogP contribution in [0.4, 0.5) is 0 Å². The van der Waals surface area contributed by atoms with Crippen molar-refractivity contribution in [2.75, 3.05) is 0 Å². The molecular weight excluding hydrogens is 358 g/mol. The average molecular weight is 381 g/mol. The molecule has 0 aromatic heterocycles. The first-order valence-electron chi connectivity index (χ1n) is 9.87. The first-order chi connectivity index (χ1) is 13.6. The molecule has 4 rings (SSSR count). The van der Waals surface area contributed by atoms with Crippen LogP contribution in [0.1, 0.15) is 48.9 Å². The predicted molar refractivity (Wildman–Crippen MR) is 100 cm³/mol. The van der Waals surface area contributed by atoms with Gasteiger partial charge >= 0.3 is 5.97 Å². The number of likely N-dealkylation sites (tertiary alicyclic amines) is 1. The van der Waals surface area contributed by atoms with Gasteiger partial charge in [-0.05, 0) is 62.8 Å². The fourth-order valence-corrected chi connectivity index (χ4v) is 4.57. The van der Waals surface area contributed by atoms with Crippen molar-refractivity contribution in [2.24, 2.45) is 17.8 Å². The summed E-state index contributed by atoms with van der Waals surface area (Å²) in [6.45, 7) is 0. The Morgan fingerprint density at radius 2 is 1.50 bits per heavy atom. The van der Waals surface area contributed by atoms with Gasteiger partial charge < -0.3 is 4.74 Å². The van der Waals surface area contributed by atoms with Crippen molar-refractivity contribution < 1.29 is 23.9 Å². The highest BCUT2D eigenvalue weighted by Crippen LogP contribution is 2.39. The number of nitrogens with zero attached hydrogens (tertiary/aromatic N) is 1. The van der Waals surface area contributed by atoms with E-state index < -0.39 is 0 Å². The van der Waals surface area contributed by atoms with Crippen molar-refractivity contribution in [3.05, 3.63) is 42.0 Å². The minimum absolute atomic E-state index is 0.0411. The largest absolute Gasteiger partial charge is 0.426 e. The molecule has 2 aliphatic carbocycles. The molecule has 2 fully saturated rings. The van der Waals surface area contributed by atoms with Crippen LogP contribution in [0.5, 0.6) is 5.75 Å². The van der Waals surface area contributed by atoms with Crippen LogP contribution in [-0.4, -0.2) is 35.0 Å². The van der Waals surface area contributed by atoms with Crippen molar-refractivity contribution in [1.29, 1.82) is 0 Å². The number of fused-ring (bicyclic) bond motifs is 1. The van der Waals surface area contributed by atoms with E-state index in [0.717, 1.165) is 6.29 Å². The number of hydrogen-bond acceptors (Lipinski definition) is 5. The van der Waals surface area contributed by atoms with Gasteiger partial charge in [0.25, 0.3) is 0 Å². The fraction of sp³-hybridized carbons (Fsp3) is 0.455. The van der Waals surface area contributed by atoms with Crippen LogP contribution in [0, 0.1) is 17.8 Å². The van der Waals surface area contributed by atoms with Crippen molar-refractivity contribution in [2.45, 2.75) is 44.6 Å². The Kier molecular flexibility index (Phi) is 5.11. The zero-order valence-corrected chi connectivity index (χ0v) is 15.6. The SMILES string of the molecule is O=Cc1ccc(OC(=O)C2CCC(N3C(=O)[C@H]4CC=CC[C@@H]4C3=O)CC2)cc1. The number of aldehydes is 1. The molecule has 146 valence electrons. The second-order valence-electron chi connectivity index (χ2n) is 7.82. The molecule has 1 aliphatic heterocycles. The molecule has 0 unspecified atom stereocenters. The van der Waals surface area contributed by atoms with Crippen LogP contribution >= 0.6 is 0 Å². The lowest BCUT2D eigenvalue weighted by molar-refractivity contribution is -0.144. The number of esters is 1. The second kappa shape index (κ2) is 7.70. The number of imide groups is 1. The Labute approximate surface area is 163 Å². The minimum Gasteiger partial charge on any atom is -0.426 e. The number of amides is 2. The van der Waals surface area contributed by atoms with Crippen LogP contribution in [0.2, 0.25) is 0 Å². The molecule has 2 atom stereocenters. The Balaban J connectivity index is 1.34. The van der Waals surface area contributed by atoms with Crippen LogP contribution in [0.15, 0.2) is 36.4 Å². The van der Waals surface area contributed by atoms with Gasteiger partial charge in [0.05, 0.1) is 17.8 Å². The number of ether oxygens (including phenoxy) is 1. The topological polar surface area (TPSA) is 80.8 Å². The third-order valence-corrected chi connectivity index (χ3v) is 6.17. The van der Waals surface area contributed by atoms with Gasteiger partial charge in [-0.3, -0.25) is 24.1 Å². The minimum atomic E-state index is -0.297. The van der Waals surface area contributed by atoms with Crippen molar-refractivity contribution in [3.8, 4) is 5.75 Å². The normalized spacial score (nSPS) is 29.5. The lowest BCUT2D eigenvalue weighted by Gasteiger charge is -2.32. The summed E-state index contributed by atoms with van der Waals surface area (Å²) in [4.78, 5) is 50.0. The van der Waals surface area contributed by atoms with Crippen molar-refractivity contribution in [3.63, 3.8) is 0 Å². The molecule has 6 heteroatoms. The fourth-order valence-electron chi connectivity index (χ4n) is 4.57. The molecule has 2 amide bonds. The lowest BCUT2D eigenvalue weighted by Crippen LogP contribution is -2.43. The molecule has 1 saturated carbocycles. The van der Waals surface area contributed by atoms with Gasteiger partial charge in [-0.25, -0.2) is 0 Å². The number of carbonyl (C=O) groups is 4. The highest BCUT2D eigenvalue weighted by Gasteiger charge is 2.50. The summed E-state index contributed by atoms with van der Waals surface area (Å²) in [6, 6.07) is 6.30. The number of rotatable bonds is 4. The van der Waals surface area contributed by atoms with E-state index in [9.17, 15) is 19.2 Å². The summed E-state index contributed by atoms with van der Waals surface area (Å²) < 4.78 is 5.42. The molecule has 6 nitrogen and oxygen atoms in total. The first kappa shape index (κ1) is 18.6. The van der Waals surface area contributed by atoms with E-state index in [1.807, 2.05) is 12.2 Å². The molecule has 0 bridgehead atoms. The lowest BCUT2D eigenvalue weighted by atomic mass is 9.85. The molecule has 0 N–H and O–H groups in total. The average Bonchev–Trinajstić information content (AvgIpc) is 2.99. The molecule has 3 aliphatic rings. The van der Waals surface area contributed by atoms with Crippen LogP contribution < -0.4 is 4.74 Å². The first-order valence-corrected chi connectivity index (χ1v) is 9.87. The van der Waals surface area contributed by atoms with E-state index in [2.05, 4.69) is 0 Å². The van der Waals surface area contributed by atoms with Crippen LogP contribution in [-0.2, 0) is 14.4 Å². The van der Waals surface area contributed by atoms with Crippen molar-refractivity contribution in [1.82, 2.24) is 4.90 Å². The van der Waals surface area contributed by atoms with Gasteiger partial charge in [0, 0.05) is 11.6 Å². The summed E-state index contributed by atoms with van der Waals surface area (Å²) >= 11 is 0. The van der Waals surface area contributed by atoms with E-state index in [0.29, 0.717) is 49.8 Å².